The van der Waals surface area contributed by atoms with Gasteiger partial charge in [-0.1, -0.05) is 38.3 Å². The minimum absolute atomic E-state index is 0.417. The molecular formula is C17H28N2OS. The quantitative estimate of drug-likeness (QED) is 0.510. The summed E-state index contributed by atoms with van der Waals surface area (Å²) in [5, 5.41) is 3.57. The van der Waals surface area contributed by atoms with Crippen molar-refractivity contribution in [3.8, 4) is 5.75 Å². The summed E-state index contributed by atoms with van der Waals surface area (Å²) in [4.78, 5) is 0. The summed E-state index contributed by atoms with van der Waals surface area (Å²) in [6.45, 7) is 2.17. The van der Waals surface area contributed by atoms with Crippen LogP contribution in [0.15, 0.2) is 24.3 Å². The second kappa shape index (κ2) is 10.4. The summed E-state index contributed by atoms with van der Waals surface area (Å²) in [7, 11) is 1.71. The number of aryl methyl sites for hydroxylation is 1. The third-order valence-electron chi connectivity index (χ3n) is 3.74. The van der Waals surface area contributed by atoms with Crippen LogP contribution in [-0.4, -0.2) is 18.3 Å². The van der Waals surface area contributed by atoms with E-state index in [9.17, 15) is 0 Å². The molecule has 1 atom stereocenters. The number of nitrogens with two attached hydrogens (primary N) is 1. The molecule has 3 N–H and O–H groups in total. The summed E-state index contributed by atoms with van der Waals surface area (Å²) in [5.41, 5.74) is 6.88. The SMILES string of the molecule is CCC(CCCCCCc1cccc(OC)c1)NC(N)=S. The molecule has 0 heterocycles. The molecular weight excluding hydrogens is 280 g/mol. The fourth-order valence-corrected chi connectivity index (χ4v) is 2.65. The Morgan fingerprint density at radius 3 is 2.71 bits per heavy atom. The standard InChI is InChI=1S/C17H28N2OS/c1-3-15(19-17(18)21)11-7-5-4-6-9-14-10-8-12-16(13-14)20-2/h8,10,12-13,15H,3-7,9,11H2,1-2H3,(H3,18,19,21). The fraction of sp³-hybridized carbons (Fsp3) is 0.588. The van der Waals surface area contributed by atoms with Crippen molar-refractivity contribution < 1.29 is 4.74 Å². The molecule has 0 spiro atoms. The molecule has 1 rings (SSSR count). The van der Waals surface area contributed by atoms with Gasteiger partial charge in [-0.3, -0.25) is 0 Å². The van der Waals surface area contributed by atoms with E-state index in [4.69, 9.17) is 22.7 Å². The molecule has 1 unspecified atom stereocenters. The second-order valence-corrected chi connectivity index (χ2v) is 5.86. The highest BCUT2D eigenvalue weighted by molar-refractivity contribution is 7.80. The van der Waals surface area contributed by atoms with Crippen molar-refractivity contribution in [1.29, 1.82) is 0 Å². The van der Waals surface area contributed by atoms with Crippen LogP contribution in [0.1, 0.15) is 51.0 Å². The van der Waals surface area contributed by atoms with Gasteiger partial charge in [0.05, 0.1) is 7.11 Å². The number of ether oxygens (including phenoxy) is 1. The number of rotatable bonds is 10. The van der Waals surface area contributed by atoms with Crippen molar-refractivity contribution >= 4 is 17.3 Å². The van der Waals surface area contributed by atoms with Gasteiger partial charge in [0, 0.05) is 6.04 Å². The monoisotopic (exact) mass is 308 g/mol. The third kappa shape index (κ3) is 7.90. The molecule has 0 saturated heterocycles. The first kappa shape index (κ1) is 17.8. The molecule has 1 aromatic rings. The Labute approximate surface area is 134 Å². The van der Waals surface area contributed by atoms with Crippen molar-refractivity contribution in [2.75, 3.05) is 7.11 Å². The first-order chi connectivity index (χ1) is 10.2. The lowest BCUT2D eigenvalue weighted by atomic mass is 10.0. The molecule has 0 saturated carbocycles. The maximum Gasteiger partial charge on any atom is 0.163 e. The van der Waals surface area contributed by atoms with Gasteiger partial charge in [0.25, 0.3) is 0 Å². The van der Waals surface area contributed by atoms with E-state index in [0.717, 1.165) is 25.0 Å². The molecule has 118 valence electrons. The number of thiocarbonyl (C=S) groups is 1. The Morgan fingerprint density at radius 2 is 2.05 bits per heavy atom. The maximum absolute atomic E-state index is 5.52. The lowest BCUT2D eigenvalue weighted by Crippen LogP contribution is -2.37. The van der Waals surface area contributed by atoms with Crippen molar-refractivity contribution in [1.82, 2.24) is 5.32 Å². The van der Waals surface area contributed by atoms with Crippen LogP contribution in [0.4, 0.5) is 0 Å². The Balaban J connectivity index is 2.12. The molecule has 0 aliphatic heterocycles. The number of nitrogens with one attached hydrogen (secondary N) is 1. The van der Waals surface area contributed by atoms with Crippen LogP contribution < -0.4 is 15.8 Å². The predicted molar refractivity (Wildman–Crippen MR) is 93.8 cm³/mol. The molecule has 21 heavy (non-hydrogen) atoms. The second-order valence-electron chi connectivity index (χ2n) is 5.42. The minimum atomic E-state index is 0.417. The van der Waals surface area contributed by atoms with Gasteiger partial charge in [-0.05, 0) is 55.6 Å². The van der Waals surface area contributed by atoms with E-state index in [-0.39, 0.29) is 0 Å². The highest BCUT2D eigenvalue weighted by Gasteiger charge is 2.05. The largest absolute Gasteiger partial charge is 0.497 e. The van der Waals surface area contributed by atoms with Crippen molar-refractivity contribution in [2.24, 2.45) is 5.73 Å². The summed E-state index contributed by atoms with van der Waals surface area (Å²) >= 11 is 4.89. The highest BCUT2D eigenvalue weighted by atomic mass is 32.1. The first-order valence-electron chi connectivity index (χ1n) is 7.84. The molecule has 0 aliphatic rings. The van der Waals surface area contributed by atoms with Gasteiger partial charge in [0.2, 0.25) is 0 Å². The van der Waals surface area contributed by atoms with Crippen molar-refractivity contribution in [3.05, 3.63) is 29.8 Å². The summed E-state index contributed by atoms with van der Waals surface area (Å²) in [6, 6.07) is 8.77. The van der Waals surface area contributed by atoms with Crippen LogP contribution in [0.25, 0.3) is 0 Å². The average Bonchev–Trinajstić information content (AvgIpc) is 2.49. The average molecular weight is 308 g/mol. The summed E-state index contributed by atoms with van der Waals surface area (Å²) in [5.74, 6) is 0.946. The lowest BCUT2D eigenvalue weighted by molar-refractivity contribution is 0.414. The molecule has 0 aliphatic carbocycles. The number of hydrogen-bond donors (Lipinski definition) is 2. The number of hydrogen-bond acceptors (Lipinski definition) is 2. The third-order valence-corrected chi connectivity index (χ3v) is 3.86. The molecule has 0 aromatic heterocycles. The van der Waals surface area contributed by atoms with E-state index in [0.29, 0.717) is 11.2 Å². The van der Waals surface area contributed by atoms with Gasteiger partial charge in [0.1, 0.15) is 5.75 Å². The topological polar surface area (TPSA) is 47.3 Å². The van der Waals surface area contributed by atoms with Crippen LogP contribution in [-0.2, 0) is 6.42 Å². The zero-order chi connectivity index (χ0) is 15.5. The van der Waals surface area contributed by atoms with Gasteiger partial charge in [-0.15, -0.1) is 0 Å². The Bertz CT molecular complexity index is 423. The number of benzene rings is 1. The Kier molecular flexibility index (Phi) is 8.83. The van der Waals surface area contributed by atoms with Gasteiger partial charge < -0.3 is 15.8 Å². The van der Waals surface area contributed by atoms with Crippen LogP contribution in [0.5, 0.6) is 5.75 Å². The number of methoxy groups -OCH3 is 1. The first-order valence-corrected chi connectivity index (χ1v) is 8.25. The van der Waals surface area contributed by atoms with Crippen LogP contribution in [0.3, 0.4) is 0 Å². The summed E-state index contributed by atoms with van der Waals surface area (Å²) in [6.07, 6.45) is 8.33. The zero-order valence-corrected chi connectivity index (χ0v) is 14.0. The van der Waals surface area contributed by atoms with E-state index in [2.05, 4.69) is 30.4 Å². The van der Waals surface area contributed by atoms with Gasteiger partial charge in [-0.25, -0.2) is 0 Å². The van der Waals surface area contributed by atoms with Crippen LogP contribution >= 0.6 is 12.2 Å². The predicted octanol–water partition coefficient (Wildman–Crippen LogP) is 3.80. The summed E-state index contributed by atoms with van der Waals surface area (Å²) < 4.78 is 5.24. The molecule has 0 amide bonds. The van der Waals surface area contributed by atoms with Crippen molar-refractivity contribution in [3.63, 3.8) is 0 Å². The molecule has 0 radical (unpaired) electrons. The van der Waals surface area contributed by atoms with Crippen LogP contribution in [0.2, 0.25) is 0 Å². The van der Waals surface area contributed by atoms with E-state index in [1.807, 2.05) is 6.07 Å². The normalized spacial score (nSPS) is 11.9. The Hall–Kier alpha value is -1.29. The van der Waals surface area contributed by atoms with Gasteiger partial charge >= 0.3 is 0 Å². The molecule has 0 bridgehead atoms. The zero-order valence-electron chi connectivity index (χ0n) is 13.2. The molecule has 0 fully saturated rings. The maximum atomic E-state index is 5.52. The smallest absolute Gasteiger partial charge is 0.163 e. The van der Waals surface area contributed by atoms with E-state index < -0.39 is 0 Å². The molecule has 4 heteroatoms. The fourth-order valence-electron chi connectivity index (χ4n) is 2.48. The molecule has 1 aromatic carbocycles. The van der Waals surface area contributed by atoms with Gasteiger partial charge in [0.15, 0.2) is 5.11 Å². The number of unbranched alkanes of at least 4 members (excludes halogenated alkanes) is 3. The molecule has 3 nitrogen and oxygen atoms in total. The Morgan fingerprint density at radius 1 is 1.29 bits per heavy atom. The van der Waals surface area contributed by atoms with Gasteiger partial charge in [-0.2, -0.15) is 0 Å². The van der Waals surface area contributed by atoms with Crippen molar-refractivity contribution in [2.45, 2.75) is 57.9 Å². The van der Waals surface area contributed by atoms with Crippen LogP contribution in [0, 0.1) is 0 Å². The van der Waals surface area contributed by atoms with E-state index >= 15 is 0 Å². The van der Waals surface area contributed by atoms with E-state index in [1.165, 1.54) is 31.2 Å². The lowest BCUT2D eigenvalue weighted by Gasteiger charge is -2.16. The van der Waals surface area contributed by atoms with E-state index in [1.54, 1.807) is 7.11 Å². The highest BCUT2D eigenvalue weighted by Crippen LogP contribution is 2.16. The minimum Gasteiger partial charge on any atom is -0.497 e.